The molecule has 0 aromatic carbocycles. The Labute approximate surface area is 91.7 Å². The number of halogens is 1. The SMILES string of the molecule is CSCC(C)Nc1cc(Br)ccn1. The van der Waals surface area contributed by atoms with Crippen LogP contribution in [0.1, 0.15) is 6.92 Å². The minimum Gasteiger partial charge on any atom is -0.367 e. The first-order valence-electron chi connectivity index (χ1n) is 4.09. The second-order valence-corrected chi connectivity index (χ2v) is 4.69. The van der Waals surface area contributed by atoms with Crippen molar-refractivity contribution in [1.29, 1.82) is 0 Å². The zero-order chi connectivity index (χ0) is 9.68. The van der Waals surface area contributed by atoms with E-state index in [1.54, 1.807) is 6.20 Å². The highest BCUT2D eigenvalue weighted by Crippen LogP contribution is 2.14. The van der Waals surface area contributed by atoms with Crippen LogP contribution in [-0.4, -0.2) is 23.0 Å². The molecule has 1 atom stereocenters. The number of aromatic nitrogens is 1. The van der Waals surface area contributed by atoms with Gasteiger partial charge in [0.2, 0.25) is 0 Å². The summed E-state index contributed by atoms with van der Waals surface area (Å²) in [6, 6.07) is 4.36. The number of nitrogens with one attached hydrogen (secondary N) is 1. The average molecular weight is 261 g/mol. The van der Waals surface area contributed by atoms with E-state index in [0.29, 0.717) is 6.04 Å². The number of anilines is 1. The molecule has 13 heavy (non-hydrogen) atoms. The minimum atomic E-state index is 0.455. The Kier molecular flexibility index (Phi) is 4.59. The fourth-order valence-electron chi connectivity index (χ4n) is 1.03. The summed E-state index contributed by atoms with van der Waals surface area (Å²) in [5.41, 5.74) is 0. The van der Waals surface area contributed by atoms with Gasteiger partial charge in [-0.3, -0.25) is 0 Å². The maximum Gasteiger partial charge on any atom is 0.127 e. The summed E-state index contributed by atoms with van der Waals surface area (Å²) in [6.07, 6.45) is 3.89. The molecule has 2 nitrogen and oxygen atoms in total. The first kappa shape index (κ1) is 10.9. The lowest BCUT2D eigenvalue weighted by atomic mass is 10.4. The molecule has 0 aliphatic rings. The first-order chi connectivity index (χ1) is 6.22. The Morgan fingerprint density at radius 2 is 2.46 bits per heavy atom. The highest BCUT2D eigenvalue weighted by molar-refractivity contribution is 9.10. The van der Waals surface area contributed by atoms with Gasteiger partial charge >= 0.3 is 0 Å². The third kappa shape index (κ3) is 4.00. The third-order valence-electron chi connectivity index (χ3n) is 1.53. The first-order valence-corrected chi connectivity index (χ1v) is 6.28. The van der Waals surface area contributed by atoms with Crippen LogP contribution < -0.4 is 5.32 Å². The van der Waals surface area contributed by atoms with Crippen molar-refractivity contribution in [3.8, 4) is 0 Å². The average Bonchev–Trinajstić information content (AvgIpc) is 2.04. The normalized spacial score (nSPS) is 12.5. The van der Waals surface area contributed by atoms with Gasteiger partial charge in [-0.2, -0.15) is 11.8 Å². The van der Waals surface area contributed by atoms with Crippen LogP contribution in [-0.2, 0) is 0 Å². The molecular formula is C9H13BrN2S. The molecule has 0 saturated carbocycles. The Morgan fingerprint density at radius 1 is 1.69 bits per heavy atom. The van der Waals surface area contributed by atoms with Gasteiger partial charge in [0.15, 0.2) is 0 Å². The van der Waals surface area contributed by atoms with Gasteiger partial charge in [0.25, 0.3) is 0 Å². The zero-order valence-electron chi connectivity index (χ0n) is 7.75. The molecule has 0 aliphatic heterocycles. The van der Waals surface area contributed by atoms with Gasteiger partial charge in [-0.15, -0.1) is 0 Å². The molecule has 1 unspecified atom stereocenters. The molecule has 72 valence electrons. The van der Waals surface area contributed by atoms with E-state index in [4.69, 9.17) is 0 Å². The maximum atomic E-state index is 4.21. The van der Waals surface area contributed by atoms with Gasteiger partial charge in [-0.25, -0.2) is 4.98 Å². The van der Waals surface area contributed by atoms with Crippen LogP contribution in [0.25, 0.3) is 0 Å². The third-order valence-corrected chi connectivity index (χ3v) is 2.86. The lowest BCUT2D eigenvalue weighted by molar-refractivity contribution is 0.903. The number of hydrogen-bond acceptors (Lipinski definition) is 3. The summed E-state index contributed by atoms with van der Waals surface area (Å²) < 4.78 is 1.06. The summed E-state index contributed by atoms with van der Waals surface area (Å²) in [5, 5.41) is 3.32. The predicted molar refractivity (Wildman–Crippen MR) is 63.4 cm³/mol. The Morgan fingerprint density at radius 3 is 3.08 bits per heavy atom. The van der Waals surface area contributed by atoms with Gasteiger partial charge in [0.1, 0.15) is 5.82 Å². The fraction of sp³-hybridized carbons (Fsp3) is 0.444. The topological polar surface area (TPSA) is 24.9 Å². The van der Waals surface area contributed by atoms with Crippen LogP contribution in [0.4, 0.5) is 5.82 Å². The van der Waals surface area contributed by atoms with Crippen molar-refractivity contribution in [2.75, 3.05) is 17.3 Å². The molecule has 0 bridgehead atoms. The number of pyridine rings is 1. The number of hydrogen-bond donors (Lipinski definition) is 1. The van der Waals surface area contributed by atoms with E-state index in [9.17, 15) is 0 Å². The highest BCUT2D eigenvalue weighted by Gasteiger charge is 2.01. The smallest absolute Gasteiger partial charge is 0.127 e. The van der Waals surface area contributed by atoms with Crippen LogP contribution in [0.2, 0.25) is 0 Å². The molecule has 1 aromatic rings. The minimum absolute atomic E-state index is 0.455. The van der Waals surface area contributed by atoms with Crippen molar-refractivity contribution < 1.29 is 0 Å². The molecule has 1 rings (SSSR count). The van der Waals surface area contributed by atoms with Crippen LogP contribution in [0.5, 0.6) is 0 Å². The quantitative estimate of drug-likeness (QED) is 0.901. The summed E-state index contributed by atoms with van der Waals surface area (Å²) in [4.78, 5) is 4.21. The van der Waals surface area contributed by atoms with Crippen molar-refractivity contribution in [1.82, 2.24) is 4.98 Å². The Bertz CT molecular complexity index is 268. The Hall–Kier alpha value is -0.220. The maximum absolute atomic E-state index is 4.21. The lowest BCUT2D eigenvalue weighted by Gasteiger charge is -2.12. The molecule has 0 aliphatic carbocycles. The van der Waals surface area contributed by atoms with Crippen LogP contribution in [0.15, 0.2) is 22.8 Å². The second-order valence-electron chi connectivity index (χ2n) is 2.86. The lowest BCUT2D eigenvalue weighted by Crippen LogP contribution is -2.18. The fourth-order valence-corrected chi connectivity index (χ4v) is 1.95. The molecule has 0 radical (unpaired) electrons. The molecule has 1 heterocycles. The molecular weight excluding hydrogens is 248 g/mol. The van der Waals surface area contributed by atoms with E-state index in [2.05, 4.69) is 39.4 Å². The largest absolute Gasteiger partial charge is 0.367 e. The predicted octanol–water partition coefficient (Wildman–Crippen LogP) is 3.01. The zero-order valence-corrected chi connectivity index (χ0v) is 10.2. The van der Waals surface area contributed by atoms with E-state index in [1.807, 2.05) is 23.9 Å². The molecule has 0 amide bonds. The molecule has 1 aromatic heterocycles. The number of nitrogens with zero attached hydrogens (tertiary/aromatic N) is 1. The van der Waals surface area contributed by atoms with Gasteiger partial charge in [-0.05, 0) is 25.3 Å². The number of rotatable bonds is 4. The van der Waals surface area contributed by atoms with Gasteiger partial charge in [-0.1, -0.05) is 15.9 Å². The summed E-state index contributed by atoms with van der Waals surface area (Å²) in [5.74, 6) is 2.02. The van der Waals surface area contributed by atoms with Crippen LogP contribution in [0.3, 0.4) is 0 Å². The Balaban J connectivity index is 2.53. The van der Waals surface area contributed by atoms with Crippen molar-refractivity contribution in [3.63, 3.8) is 0 Å². The summed E-state index contributed by atoms with van der Waals surface area (Å²) in [7, 11) is 0. The van der Waals surface area contributed by atoms with E-state index in [1.165, 1.54) is 0 Å². The summed E-state index contributed by atoms with van der Waals surface area (Å²) >= 11 is 5.24. The van der Waals surface area contributed by atoms with Crippen molar-refractivity contribution >= 4 is 33.5 Å². The molecule has 0 fully saturated rings. The van der Waals surface area contributed by atoms with Crippen molar-refractivity contribution in [2.24, 2.45) is 0 Å². The van der Waals surface area contributed by atoms with E-state index >= 15 is 0 Å². The molecule has 1 N–H and O–H groups in total. The van der Waals surface area contributed by atoms with Gasteiger partial charge < -0.3 is 5.32 Å². The van der Waals surface area contributed by atoms with E-state index < -0.39 is 0 Å². The highest BCUT2D eigenvalue weighted by atomic mass is 79.9. The molecule has 4 heteroatoms. The van der Waals surface area contributed by atoms with Gasteiger partial charge in [0, 0.05) is 22.5 Å². The second kappa shape index (κ2) is 5.50. The standard InChI is InChI=1S/C9H13BrN2S/c1-7(6-13-2)12-9-5-8(10)3-4-11-9/h3-5,7H,6H2,1-2H3,(H,11,12). The van der Waals surface area contributed by atoms with Crippen molar-refractivity contribution in [3.05, 3.63) is 22.8 Å². The van der Waals surface area contributed by atoms with Crippen molar-refractivity contribution in [2.45, 2.75) is 13.0 Å². The summed E-state index contributed by atoms with van der Waals surface area (Å²) in [6.45, 7) is 2.15. The molecule has 0 spiro atoms. The molecule has 0 saturated heterocycles. The van der Waals surface area contributed by atoms with E-state index in [0.717, 1.165) is 16.0 Å². The van der Waals surface area contributed by atoms with Crippen LogP contribution >= 0.6 is 27.7 Å². The van der Waals surface area contributed by atoms with E-state index in [-0.39, 0.29) is 0 Å². The van der Waals surface area contributed by atoms with Crippen LogP contribution in [0, 0.1) is 0 Å². The monoisotopic (exact) mass is 260 g/mol. The van der Waals surface area contributed by atoms with Gasteiger partial charge in [0.05, 0.1) is 0 Å². The number of thioether (sulfide) groups is 1.